The monoisotopic (exact) mass is 361 g/mol. The van der Waals surface area contributed by atoms with Crippen molar-refractivity contribution in [2.24, 2.45) is 0 Å². The Kier molecular flexibility index (Phi) is 3.64. The van der Waals surface area contributed by atoms with Gasteiger partial charge in [0, 0.05) is 15.0 Å². The van der Waals surface area contributed by atoms with Crippen LogP contribution in [-0.4, -0.2) is 4.98 Å². The molecule has 2 aromatic carbocycles. The van der Waals surface area contributed by atoms with Crippen molar-refractivity contribution in [2.45, 2.75) is 6.61 Å². The summed E-state index contributed by atoms with van der Waals surface area (Å²) in [4.78, 5) is 4.48. The summed E-state index contributed by atoms with van der Waals surface area (Å²) >= 11 is 2.29. The summed E-state index contributed by atoms with van der Waals surface area (Å²) in [5, 5.41) is 1.13. The molecule has 1 aromatic heterocycles. The SMILES string of the molecule is Ic1ccc(COc2ccc3ccccc3n2)cc1. The third-order valence-corrected chi connectivity index (χ3v) is 3.59. The molecule has 0 aliphatic heterocycles. The molecule has 94 valence electrons. The zero-order valence-electron chi connectivity index (χ0n) is 10.2. The highest BCUT2D eigenvalue weighted by Crippen LogP contribution is 2.17. The van der Waals surface area contributed by atoms with E-state index in [1.807, 2.05) is 36.4 Å². The molecule has 0 aliphatic rings. The Morgan fingerprint density at radius 1 is 0.895 bits per heavy atom. The van der Waals surface area contributed by atoms with E-state index in [0.717, 1.165) is 16.5 Å². The van der Waals surface area contributed by atoms with Crippen LogP contribution in [0.4, 0.5) is 0 Å². The summed E-state index contributed by atoms with van der Waals surface area (Å²) in [6, 6.07) is 20.3. The molecule has 1 heterocycles. The molecule has 0 fully saturated rings. The molecule has 3 heteroatoms. The molecular weight excluding hydrogens is 349 g/mol. The van der Waals surface area contributed by atoms with Gasteiger partial charge in [-0.25, -0.2) is 4.98 Å². The lowest BCUT2D eigenvalue weighted by atomic mass is 10.2. The van der Waals surface area contributed by atoms with Gasteiger partial charge >= 0.3 is 0 Å². The molecule has 0 spiro atoms. The number of benzene rings is 2. The minimum atomic E-state index is 0.544. The first-order valence-electron chi connectivity index (χ1n) is 6.04. The molecule has 19 heavy (non-hydrogen) atoms. The Hall–Kier alpha value is -1.62. The Labute approximate surface area is 125 Å². The van der Waals surface area contributed by atoms with Crippen molar-refractivity contribution in [1.29, 1.82) is 0 Å². The van der Waals surface area contributed by atoms with E-state index >= 15 is 0 Å². The number of rotatable bonds is 3. The molecule has 2 nitrogen and oxygen atoms in total. The minimum Gasteiger partial charge on any atom is -0.473 e. The predicted octanol–water partition coefficient (Wildman–Crippen LogP) is 4.42. The lowest BCUT2D eigenvalue weighted by Gasteiger charge is -2.06. The second-order valence-corrected chi connectivity index (χ2v) is 5.50. The van der Waals surface area contributed by atoms with E-state index in [0.29, 0.717) is 12.5 Å². The Morgan fingerprint density at radius 2 is 1.68 bits per heavy atom. The number of halogens is 1. The first kappa shape index (κ1) is 12.4. The fourth-order valence-electron chi connectivity index (χ4n) is 1.87. The van der Waals surface area contributed by atoms with Crippen LogP contribution in [0.15, 0.2) is 60.7 Å². The summed E-state index contributed by atoms with van der Waals surface area (Å²) in [6.07, 6.45) is 0. The zero-order valence-corrected chi connectivity index (χ0v) is 12.4. The molecule has 3 aromatic rings. The summed E-state index contributed by atoms with van der Waals surface area (Å²) in [5.41, 5.74) is 2.11. The molecule has 0 aliphatic carbocycles. The smallest absolute Gasteiger partial charge is 0.214 e. The Balaban J connectivity index is 1.76. The number of pyridine rings is 1. The fourth-order valence-corrected chi connectivity index (χ4v) is 2.23. The average Bonchev–Trinajstić information content (AvgIpc) is 2.46. The molecular formula is C16H12INO. The van der Waals surface area contributed by atoms with Crippen molar-refractivity contribution in [3.63, 3.8) is 0 Å². The van der Waals surface area contributed by atoms with Gasteiger partial charge in [0.1, 0.15) is 6.61 Å². The Bertz CT molecular complexity index is 694. The van der Waals surface area contributed by atoms with Gasteiger partial charge in [-0.1, -0.05) is 30.3 Å². The van der Waals surface area contributed by atoms with E-state index in [1.165, 1.54) is 3.57 Å². The number of aromatic nitrogens is 1. The van der Waals surface area contributed by atoms with E-state index < -0.39 is 0 Å². The highest BCUT2D eigenvalue weighted by Gasteiger charge is 1.99. The van der Waals surface area contributed by atoms with Crippen LogP contribution in [0, 0.1) is 3.57 Å². The van der Waals surface area contributed by atoms with Crippen LogP contribution in [0.5, 0.6) is 5.88 Å². The van der Waals surface area contributed by atoms with Crippen molar-refractivity contribution in [2.75, 3.05) is 0 Å². The summed E-state index contributed by atoms with van der Waals surface area (Å²) in [7, 11) is 0. The molecule has 0 N–H and O–H groups in total. The van der Waals surface area contributed by atoms with Gasteiger partial charge in [-0.15, -0.1) is 0 Å². The quantitative estimate of drug-likeness (QED) is 0.645. The standard InChI is InChI=1S/C16H12INO/c17-14-8-5-12(6-9-14)11-19-16-10-7-13-3-1-2-4-15(13)18-16/h1-10H,11H2. The molecule has 3 rings (SSSR count). The summed E-state index contributed by atoms with van der Waals surface area (Å²) < 4.78 is 6.95. The number of para-hydroxylation sites is 1. The van der Waals surface area contributed by atoms with Gasteiger partial charge in [-0.2, -0.15) is 0 Å². The lowest BCUT2D eigenvalue weighted by molar-refractivity contribution is 0.295. The maximum atomic E-state index is 5.73. The maximum absolute atomic E-state index is 5.73. The van der Waals surface area contributed by atoms with Crippen LogP contribution in [0.3, 0.4) is 0 Å². The van der Waals surface area contributed by atoms with Gasteiger partial charge in [0.2, 0.25) is 5.88 Å². The molecule has 0 bridgehead atoms. The lowest BCUT2D eigenvalue weighted by Crippen LogP contribution is -1.97. The van der Waals surface area contributed by atoms with Crippen LogP contribution in [0.1, 0.15) is 5.56 Å². The molecule has 0 saturated carbocycles. The Morgan fingerprint density at radius 3 is 2.53 bits per heavy atom. The number of hydrogen-bond donors (Lipinski definition) is 0. The molecule has 0 unspecified atom stereocenters. The van der Waals surface area contributed by atoms with Crippen LogP contribution in [-0.2, 0) is 6.61 Å². The van der Waals surface area contributed by atoms with Crippen LogP contribution < -0.4 is 4.74 Å². The maximum Gasteiger partial charge on any atom is 0.214 e. The van der Waals surface area contributed by atoms with Gasteiger partial charge in [0.15, 0.2) is 0 Å². The molecule has 0 amide bonds. The first-order valence-corrected chi connectivity index (χ1v) is 7.12. The first-order chi connectivity index (χ1) is 9.31. The fraction of sp³-hybridized carbons (Fsp3) is 0.0625. The van der Waals surface area contributed by atoms with E-state index in [9.17, 15) is 0 Å². The number of ether oxygens (including phenoxy) is 1. The summed E-state index contributed by atoms with van der Waals surface area (Å²) in [6.45, 7) is 0.544. The van der Waals surface area contributed by atoms with E-state index in [2.05, 4.69) is 51.8 Å². The van der Waals surface area contributed by atoms with E-state index in [1.54, 1.807) is 0 Å². The topological polar surface area (TPSA) is 22.1 Å². The van der Waals surface area contributed by atoms with E-state index in [-0.39, 0.29) is 0 Å². The minimum absolute atomic E-state index is 0.544. The van der Waals surface area contributed by atoms with Gasteiger partial charge in [0.25, 0.3) is 0 Å². The van der Waals surface area contributed by atoms with Gasteiger partial charge in [-0.3, -0.25) is 0 Å². The average molecular weight is 361 g/mol. The second kappa shape index (κ2) is 5.57. The van der Waals surface area contributed by atoms with Crippen LogP contribution in [0.25, 0.3) is 10.9 Å². The van der Waals surface area contributed by atoms with Gasteiger partial charge in [-0.05, 0) is 52.4 Å². The van der Waals surface area contributed by atoms with Crippen LogP contribution in [0.2, 0.25) is 0 Å². The second-order valence-electron chi connectivity index (χ2n) is 4.26. The largest absolute Gasteiger partial charge is 0.473 e. The van der Waals surface area contributed by atoms with Crippen molar-refractivity contribution in [1.82, 2.24) is 4.98 Å². The number of hydrogen-bond acceptors (Lipinski definition) is 2. The van der Waals surface area contributed by atoms with Crippen molar-refractivity contribution >= 4 is 33.5 Å². The summed E-state index contributed by atoms with van der Waals surface area (Å²) in [5.74, 6) is 0.664. The van der Waals surface area contributed by atoms with Gasteiger partial charge < -0.3 is 4.74 Å². The number of nitrogens with zero attached hydrogens (tertiary/aromatic N) is 1. The van der Waals surface area contributed by atoms with Crippen LogP contribution >= 0.6 is 22.6 Å². The number of fused-ring (bicyclic) bond motifs is 1. The third kappa shape index (κ3) is 3.04. The molecule has 0 atom stereocenters. The van der Waals surface area contributed by atoms with Gasteiger partial charge in [0.05, 0.1) is 5.52 Å². The predicted molar refractivity (Wildman–Crippen MR) is 85.2 cm³/mol. The molecule has 0 radical (unpaired) electrons. The zero-order chi connectivity index (χ0) is 13.1. The van der Waals surface area contributed by atoms with Crippen molar-refractivity contribution in [3.05, 3.63) is 69.8 Å². The van der Waals surface area contributed by atoms with Crippen molar-refractivity contribution < 1.29 is 4.74 Å². The molecule has 0 saturated heterocycles. The normalized spacial score (nSPS) is 10.6. The highest BCUT2D eigenvalue weighted by atomic mass is 127. The highest BCUT2D eigenvalue weighted by molar-refractivity contribution is 14.1. The third-order valence-electron chi connectivity index (χ3n) is 2.87. The van der Waals surface area contributed by atoms with E-state index in [4.69, 9.17) is 4.74 Å². The van der Waals surface area contributed by atoms with Crippen molar-refractivity contribution in [3.8, 4) is 5.88 Å².